The second-order valence-corrected chi connectivity index (χ2v) is 14.7. The first-order valence-electron chi connectivity index (χ1n) is 18.3. The lowest BCUT2D eigenvalue weighted by atomic mass is 9.86. The van der Waals surface area contributed by atoms with E-state index in [4.69, 9.17) is 9.84 Å². The van der Waals surface area contributed by atoms with Crippen LogP contribution in [0.15, 0.2) is 71.7 Å². The van der Waals surface area contributed by atoms with Gasteiger partial charge >= 0.3 is 11.9 Å². The summed E-state index contributed by atoms with van der Waals surface area (Å²) < 4.78 is 50.6. The number of nitrogens with zero attached hydrogens (tertiary/aromatic N) is 5. The number of aryl methyl sites for hydroxylation is 1. The molecule has 2 aromatic heterocycles. The molecular formula is C39H40F3N7O5. The van der Waals surface area contributed by atoms with Gasteiger partial charge in [-0.2, -0.15) is 18.3 Å². The maximum Gasteiger partial charge on any atom is 0.416 e. The fourth-order valence-corrected chi connectivity index (χ4v) is 8.10. The Hall–Kier alpha value is -5.44. The minimum atomic E-state index is -4.53. The van der Waals surface area contributed by atoms with Gasteiger partial charge in [0.2, 0.25) is 11.8 Å². The van der Waals surface area contributed by atoms with Gasteiger partial charge in [-0.15, -0.1) is 0 Å². The van der Waals surface area contributed by atoms with Gasteiger partial charge in [0.05, 0.1) is 40.4 Å². The lowest BCUT2D eigenvalue weighted by Gasteiger charge is -2.41. The van der Waals surface area contributed by atoms with Gasteiger partial charge in [0.25, 0.3) is 5.91 Å². The number of rotatable bonds is 9. The van der Waals surface area contributed by atoms with Crippen molar-refractivity contribution < 1.29 is 32.3 Å². The normalized spacial score (nSPS) is 21.0. The molecule has 0 radical (unpaired) electrons. The second-order valence-electron chi connectivity index (χ2n) is 14.7. The molecule has 54 heavy (non-hydrogen) atoms. The summed E-state index contributed by atoms with van der Waals surface area (Å²) in [5.41, 5.74) is 2.42. The molecule has 5 aromatic rings. The van der Waals surface area contributed by atoms with E-state index in [0.29, 0.717) is 42.7 Å². The first-order chi connectivity index (χ1) is 25.9. The molecule has 12 nitrogen and oxygen atoms in total. The van der Waals surface area contributed by atoms with Crippen LogP contribution in [0.1, 0.15) is 66.5 Å². The number of hydrogen-bond donors (Lipinski definition) is 2. The van der Waals surface area contributed by atoms with E-state index in [0.717, 1.165) is 73.0 Å². The third-order valence-corrected chi connectivity index (χ3v) is 11.0. The molecule has 282 valence electrons. The average Bonchev–Trinajstić information content (AvgIpc) is 3.67. The van der Waals surface area contributed by atoms with Crippen LogP contribution >= 0.6 is 0 Å². The highest BCUT2D eigenvalue weighted by Gasteiger charge is 2.35. The second kappa shape index (κ2) is 14.1. The Labute approximate surface area is 307 Å². The van der Waals surface area contributed by atoms with Gasteiger partial charge in [0.15, 0.2) is 0 Å². The number of benzene rings is 3. The Bertz CT molecular complexity index is 2310. The number of aromatic nitrogens is 4. The van der Waals surface area contributed by atoms with Crippen molar-refractivity contribution in [3.8, 4) is 0 Å². The van der Waals surface area contributed by atoms with E-state index in [1.54, 1.807) is 29.8 Å². The van der Waals surface area contributed by atoms with Crippen LogP contribution in [0.3, 0.4) is 0 Å². The monoisotopic (exact) mass is 743 g/mol. The fourth-order valence-electron chi connectivity index (χ4n) is 8.10. The molecule has 1 atom stereocenters. The zero-order valence-electron chi connectivity index (χ0n) is 29.6. The summed E-state index contributed by atoms with van der Waals surface area (Å²) in [5, 5.41) is 10.7. The predicted molar refractivity (Wildman–Crippen MR) is 195 cm³/mol. The minimum Gasteiger partial charge on any atom is -0.381 e. The number of anilines is 2. The Kier molecular flexibility index (Phi) is 9.28. The standard InChI is InChI=1S/C39H40F3N7O5/c1-46-35-31(6-3-7-32(35)49(38(46)53)33-14-15-34(50)44-37(33)52)47-18-24(19-47)22-54-21-23-8-11-29(12-9-23)48-20-26-17-28(10-13-30(26)45-48)43-36(51)25-4-2-5-27(16-25)39(40,41)42/h2-7,10,13,16-17,20,23-24,29,33H,8-9,11-12,14-15,18-19,21-22H2,1H3,(H,43,51)(H,44,50,52). The Morgan fingerprint density at radius 3 is 2.46 bits per heavy atom. The van der Waals surface area contributed by atoms with Crippen molar-refractivity contribution in [3.05, 3.63) is 88.5 Å². The molecule has 4 heterocycles. The van der Waals surface area contributed by atoms with Crippen molar-refractivity contribution in [3.63, 3.8) is 0 Å². The van der Waals surface area contributed by atoms with Crippen molar-refractivity contribution in [2.75, 3.05) is 36.5 Å². The van der Waals surface area contributed by atoms with Crippen molar-refractivity contribution in [1.29, 1.82) is 0 Å². The third-order valence-electron chi connectivity index (χ3n) is 11.0. The Morgan fingerprint density at radius 2 is 1.70 bits per heavy atom. The van der Waals surface area contributed by atoms with Gasteiger partial charge in [0, 0.05) is 61.9 Å². The van der Waals surface area contributed by atoms with Gasteiger partial charge in [-0.3, -0.25) is 33.5 Å². The number of para-hydroxylation sites is 1. The highest BCUT2D eigenvalue weighted by molar-refractivity contribution is 6.05. The lowest BCUT2D eigenvalue weighted by Crippen LogP contribution is -2.49. The molecule has 2 saturated heterocycles. The lowest BCUT2D eigenvalue weighted by molar-refractivity contribution is -0.138. The highest BCUT2D eigenvalue weighted by atomic mass is 19.4. The van der Waals surface area contributed by atoms with Crippen LogP contribution in [0.25, 0.3) is 21.9 Å². The summed E-state index contributed by atoms with van der Waals surface area (Å²) in [6.45, 7) is 2.94. The topological polar surface area (TPSA) is 132 Å². The molecule has 15 heteroatoms. The molecule has 2 aliphatic heterocycles. The van der Waals surface area contributed by atoms with Crippen LogP contribution in [0, 0.1) is 11.8 Å². The number of alkyl halides is 3. The van der Waals surface area contributed by atoms with Crippen molar-refractivity contribution in [1.82, 2.24) is 24.2 Å². The average molecular weight is 744 g/mol. The highest BCUT2D eigenvalue weighted by Crippen LogP contribution is 2.36. The molecule has 1 aliphatic carbocycles. The van der Waals surface area contributed by atoms with E-state index >= 15 is 0 Å². The third kappa shape index (κ3) is 6.88. The van der Waals surface area contributed by atoms with Gasteiger partial charge < -0.3 is 15.0 Å². The predicted octanol–water partition coefficient (Wildman–Crippen LogP) is 5.82. The van der Waals surface area contributed by atoms with E-state index in [-0.39, 0.29) is 29.6 Å². The molecule has 3 fully saturated rings. The minimum absolute atomic E-state index is 0.0700. The number of imidazole rings is 1. The van der Waals surface area contributed by atoms with E-state index in [1.165, 1.54) is 16.7 Å². The number of carbonyl (C=O) groups excluding carboxylic acids is 3. The van der Waals surface area contributed by atoms with E-state index in [2.05, 4.69) is 15.5 Å². The van der Waals surface area contributed by atoms with Gasteiger partial charge in [-0.1, -0.05) is 12.1 Å². The Morgan fingerprint density at radius 1 is 0.944 bits per heavy atom. The van der Waals surface area contributed by atoms with Crippen molar-refractivity contribution in [2.24, 2.45) is 18.9 Å². The summed E-state index contributed by atoms with van der Waals surface area (Å²) >= 11 is 0. The number of ether oxygens (including phenoxy) is 1. The summed E-state index contributed by atoms with van der Waals surface area (Å²) in [6.07, 6.45) is 1.85. The SMILES string of the molecule is Cn1c(=O)n(C2CCC(=O)NC2=O)c2cccc(N3CC(COCC4CCC(n5cc6cc(NC(=O)c7cccc(C(F)(F)F)c7)ccc6n5)CC4)C3)c21. The molecule has 0 spiro atoms. The summed E-state index contributed by atoms with van der Waals surface area (Å²) in [5.74, 6) is -0.566. The number of piperidine rings is 1. The van der Waals surface area contributed by atoms with Crippen LogP contribution in [0.5, 0.6) is 0 Å². The molecule has 3 aliphatic rings. The first kappa shape index (κ1) is 35.6. The molecule has 8 rings (SSSR count). The molecular weight excluding hydrogens is 703 g/mol. The van der Waals surface area contributed by atoms with Crippen LogP contribution in [0.2, 0.25) is 0 Å². The zero-order valence-corrected chi connectivity index (χ0v) is 29.6. The molecule has 1 unspecified atom stereocenters. The summed E-state index contributed by atoms with van der Waals surface area (Å²) in [7, 11) is 1.72. The summed E-state index contributed by atoms with van der Waals surface area (Å²) in [4.78, 5) is 52.5. The number of halogens is 3. The van der Waals surface area contributed by atoms with Crippen molar-refractivity contribution >= 4 is 51.0 Å². The Balaban J connectivity index is 0.812. The van der Waals surface area contributed by atoms with Crippen LogP contribution in [0.4, 0.5) is 24.5 Å². The maximum absolute atomic E-state index is 13.3. The smallest absolute Gasteiger partial charge is 0.381 e. The van der Waals surface area contributed by atoms with Gasteiger partial charge in [-0.05, 0) is 86.6 Å². The van der Waals surface area contributed by atoms with E-state index in [9.17, 15) is 32.3 Å². The number of carbonyl (C=O) groups is 3. The molecule has 1 saturated carbocycles. The maximum atomic E-state index is 13.3. The molecule has 2 N–H and O–H groups in total. The largest absolute Gasteiger partial charge is 0.416 e. The number of hydrogen-bond acceptors (Lipinski definition) is 7. The van der Waals surface area contributed by atoms with Crippen LogP contribution in [-0.4, -0.2) is 62.9 Å². The van der Waals surface area contributed by atoms with E-state index in [1.807, 2.05) is 29.1 Å². The number of fused-ring (bicyclic) bond motifs is 2. The molecule has 0 bridgehead atoms. The molecule has 3 aromatic carbocycles. The van der Waals surface area contributed by atoms with Crippen LogP contribution < -0.4 is 21.2 Å². The number of nitrogens with one attached hydrogen (secondary N) is 2. The molecule has 3 amide bonds. The fraction of sp³-hybridized carbons (Fsp3) is 0.410. The van der Waals surface area contributed by atoms with E-state index < -0.39 is 29.6 Å². The van der Waals surface area contributed by atoms with Crippen LogP contribution in [-0.2, 0) is 27.5 Å². The summed E-state index contributed by atoms with van der Waals surface area (Å²) in [6, 6.07) is 14.9. The van der Waals surface area contributed by atoms with Crippen molar-refractivity contribution in [2.45, 2.75) is 56.8 Å². The first-order valence-corrected chi connectivity index (χ1v) is 18.3. The van der Waals surface area contributed by atoms with Gasteiger partial charge in [0.1, 0.15) is 6.04 Å². The zero-order chi connectivity index (χ0) is 37.7. The van der Waals surface area contributed by atoms with Gasteiger partial charge in [-0.25, -0.2) is 4.79 Å². The quantitative estimate of drug-likeness (QED) is 0.182. The number of amides is 3. The number of imide groups is 1.